The summed E-state index contributed by atoms with van der Waals surface area (Å²) >= 11 is 0. The van der Waals surface area contributed by atoms with E-state index < -0.39 is 0 Å². The molecule has 0 aliphatic heterocycles. The fraction of sp³-hybridized carbons (Fsp3) is 0.818. The van der Waals surface area contributed by atoms with Crippen molar-refractivity contribution in [1.29, 1.82) is 0 Å². The number of unbranched alkanes of at least 4 members (excludes halogenated alkanes) is 14. The van der Waals surface area contributed by atoms with E-state index in [1.54, 1.807) is 0 Å². The second-order valence-electron chi connectivity index (χ2n) is 6.40. The van der Waals surface area contributed by atoms with Crippen LogP contribution in [-0.2, 0) is 0 Å². The smallest absolute Gasteiger partial charge is 0.0353 e. The first-order valence-electron chi connectivity index (χ1n) is 10.0. The predicted octanol–water partition coefficient (Wildman–Crippen LogP) is 8.63. The van der Waals surface area contributed by atoms with E-state index in [4.69, 9.17) is 0 Å². The highest BCUT2D eigenvalue weighted by molar-refractivity contribution is 4.65. The van der Waals surface area contributed by atoms with E-state index in [2.05, 4.69) is 27.0 Å². The zero-order valence-corrected chi connectivity index (χ0v) is 15.9. The summed E-state index contributed by atoms with van der Waals surface area (Å²) in [4.78, 5) is 0. The lowest BCUT2D eigenvalue weighted by molar-refractivity contribution is 0.578. The summed E-state index contributed by atoms with van der Waals surface area (Å²) in [6, 6.07) is 0. The standard InChI is InChI=1S/C12H24.C10H20/c1-3-5-7-9-11-12-10-8-6-4-2;1-3-5-7-9-10-8-6-4-2/h3H,1,4-12H2,2H3;3H,1,4-10H2,2H3. The summed E-state index contributed by atoms with van der Waals surface area (Å²) in [5.74, 6) is 0. The lowest BCUT2D eigenvalue weighted by Gasteiger charge is -1.99. The molecule has 0 heteroatoms. The fourth-order valence-electron chi connectivity index (χ4n) is 2.49. The average molecular weight is 309 g/mol. The molecule has 0 aliphatic rings. The van der Waals surface area contributed by atoms with Crippen molar-refractivity contribution in [2.75, 3.05) is 0 Å². The van der Waals surface area contributed by atoms with Gasteiger partial charge in [-0.1, -0.05) is 103 Å². The van der Waals surface area contributed by atoms with Gasteiger partial charge in [-0.15, -0.1) is 13.2 Å². The lowest BCUT2D eigenvalue weighted by atomic mass is 10.1. The molecule has 0 atom stereocenters. The molecule has 0 rings (SSSR count). The van der Waals surface area contributed by atoms with E-state index in [1.165, 1.54) is 103 Å². The van der Waals surface area contributed by atoms with Crippen molar-refractivity contribution in [1.82, 2.24) is 0 Å². The SMILES string of the molecule is C=CCCCCCCCC.C=CCCCCCCCCCC. The van der Waals surface area contributed by atoms with Crippen LogP contribution in [0.4, 0.5) is 0 Å². The maximum Gasteiger partial charge on any atom is -0.0353 e. The number of rotatable bonds is 16. The highest BCUT2D eigenvalue weighted by Gasteiger charge is 1.89. The van der Waals surface area contributed by atoms with Crippen molar-refractivity contribution < 1.29 is 0 Å². The van der Waals surface area contributed by atoms with Gasteiger partial charge in [-0.3, -0.25) is 0 Å². The molecule has 0 radical (unpaired) electrons. The molecule has 0 aromatic rings. The largest absolute Gasteiger partial charge is 0.103 e. The van der Waals surface area contributed by atoms with Gasteiger partial charge in [0.25, 0.3) is 0 Å². The van der Waals surface area contributed by atoms with Crippen LogP contribution in [0.5, 0.6) is 0 Å². The first-order chi connectivity index (χ1) is 10.8. The van der Waals surface area contributed by atoms with E-state index in [9.17, 15) is 0 Å². The van der Waals surface area contributed by atoms with E-state index >= 15 is 0 Å². The maximum atomic E-state index is 3.72. The van der Waals surface area contributed by atoms with Crippen LogP contribution in [0.15, 0.2) is 25.3 Å². The van der Waals surface area contributed by atoms with Crippen LogP contribution in [-0.4, -0.2) is 0 Å². The molecule has 0 fully saturated rings. The minimum absolute atomic E-state index is 1.20. The predicted molar refractivity (Wildman–Crippen MR) is 106 cm³/mol. The van der Waals surface area contributed by atoms with Gasteiger partial charge >= 0.3 is 0 Å². The Morgan fingerprint density at radius 2 is 0.727 bits per heavy atom. The molecule has 132 valence electrons. The molecule has 0 heterocycles. The lowest BCUT2D eigenvalue weighted by Crippen LogP contribution is -1.79. The van der Waals surface area contributed by atoms with Gasteiger partial charge in [-0.25, -0.2) is 0 Å². The van der Waals surface area contributed by atoms with Crippen molar-refractivity contribution in [3.8, 4) is 0 Å². The minimum atomic E-state index is 1.20. The minimum Gasteiger partial charge on any atom is -0.103 e. The van der Waals surface area contributed by atoms with Gasteiger partial charge in [-0.2, -0.15) is 0 Å². The van der Waals surface area contributed by atoms with Crippen LogP contribution in [0, 0.1) is 0 Å². The summed E-state index contributed by atoms with van der Waals surface area (Å²) in [5.41, 5.74) is 0. The number of hydrogen-bond acceptors (Lipinski definition) is 0. The van der Waals surface area contributed by atoms with Crippen LogP contribution in [0.2, 0.25) is 0 Å². The molecule has 0 spiro atoms. The van der Waals surface area contributed by atoms with Crippen molar-refractivity contribution >= 4 is 0 Å². The van der Waals surface area contributed by atoms with Gasteiger partial charge in [0.1, 0.15) is 0 Å². The van der Waals surface area contributed by atoms with Crippen LogP contribution >= 0.6 is 0 Å². The van der Waals surface area contributed by atoms with Crippen molar-refractivity contribution in [3.05, 3.63) is 25.3 Å². The van der Waals surface area contributed by atoms with Crippen molar-refractivity contribution in [2.24, 2.45) is 0 Å². The van der Waals surface area contributed by atoms with E-state index in [0.29, 0.717) is 0 Å². The Morgan fingerprint density at radius 3 is 1.00 bits per heavy atom. The molecule has 0 unspecified atom stereocenters. The highest BCUT2D eigenvalue weighted by Crippen LogP contribution is 2.09. The molecule has 0 aromatic heterocycles. The summed E-state index contributed by atoms with van der Waals surface area (Å²) in [6.07, 6.45) is 26.1. The molecule has 0 aromatic carbocycles. The number of allylic oxidation sites excluding steroid dienone is 2. The second kappa shape index (κ2) is 25.4. The molecule has 0 amide bonds. The molecule has 0 aliphatic carbocycles. The summed E-state index contributed by atoms with van der Waals surface area (Å²) in [6.45, 7) is 11.9. The summed E-state index contributed by atoms with van der Waals surface area (Å²) in [7, 11) is 0. The Kier molecular flexibility index (Phi) is 27.4. The molecule has 22 heavy (non-hydrogen) atoms. The topological polar surface area (TPSA) is 0 Å². The summed E-state index contributed by atoms with van der Waals surface area (Å²) < 4.78 is 0. The molecule has 0 nitrogen and oxygen atoms in total. The third kappa shape index (κ3) is 27.8. The fourth-order valence-corrected chi connectivity index (χ4v) is 2.49. The quantitative estimate of drug-likeness (QED) is 0.198. The van der Waals surface area contributed by atoms with Crippen LogP contribution < -0.4 is 0 Å². The molecule has 0 saturated heterocycles. The zero-order chi connectivity index (χ0) is 16.7. The Bertz CT molecular complexity index is 192. The Hall–Kier alpha value is -0.520. The van der Waals surface area contributed by atoms with Crippen LogP contribution in [0.25, 0.3) is 0 Å². The average Bonchev–Trinajstić information content (AvgIpc) is 2.54. The third-order valence-electron chi connectivity index (χ3n) is 4.02. The Labute approximate surface area is 142 Å². The van der Waals surface area contributed by atoms with Gasteiger partial charge in [0.15, 0.2) is 0 Å². The van der Waals surface area contributed by atoms with Gasteiger partial charge in [0, 0.05) is 0 Å². The van der Waals surface area contributed by atoms with Crippen molar-refractivity contribution in [3.63, 3.8) is 0 Å². The maximum absolute atomic E-state index is 3.72. The zero-order valence-electron chi connectivity index (χ0n) is 15.9. The molecule has 0 N–H and O–H groups in total. The summed E-state index contributed by atoms with van der Waals surface area (Å²) in [5, 5.41) is 0. The van der Waals surface area contributed by atoms with E-state index in [0.717, 1.165) is 0 Å². The highest BCUT2D eigenvalue weighted by atomic mass is 14.0. The van der Waals surface area contributed by atoms with E-state index in [1.807, 2.05) is 12.2 Å². The molecular weight excluding hydrogens is 264 g/mol. The normalized spacial score (nSPS) is 9.91. The Morgan fingerprint density at radius 1 is 0.455 bits per heavy atom. The Balaban J connectivity index is 0. The molecule has 0 saturated carbocycles. The number of hydrogen-bond donors (Lipinski definition) is 0. The van der Waals surface area contributed by atoms with Crippen LogP contribution in [0.3, 0.4) is 0 Å². The van der Waals surface area contributed by atoms with Crippen molar-refractivity contribution in [2.45, 2.75) is 117 Å². The van der Waals surface area contributed by atoms with Gasteiger partial charge < -0.3 is 0 Å². The molecular formula is C22H44. The monoisotopic (exact) mass is 308 g/mol. The van der Waals surface area contributed by atoms with Gasteiger partial charge in [0.05, 0.1) is 0 Å². The van der Waals surface area contributed by atoms with Gasteiger partial charge in [0.2, 0.25) is 0 Å². The van der Waals surface area contributed by atoms with Crippen LogP contribution in [0.1, 0.15) is 117 Å². The molecule has 0 bridgehead atoms. The van der Waals surface area contributed by atoms with Gasteiger partial charge in [-0.05, 0) is 25.7 Å². The second-order valence-corrected chi connectivity index (χ2v) is 6.40. The first kappa shape index (κ1) is 23.7. The van der Waals surface area contributed by atoms with E-state index in [-0.39, 0.29) is 0 Å². The third-order valence-corrected chi connectivity index (χ3v) is 4.02. The first-order valence-corrected chi connectivity index (χ1v) is 10.0.